The molecule has 1 aliphatic heterocycles. The van der Waals surface area contributed by atoms with Crippen LogP contribution in [0.25, 0.3) is 0 Å². The van der Waals surface area contributed by atoms with E-state index in [4.69, 9.17) is 18.0 Å². The summed E-state index contributed by atoms with van der Waals surface area (Å²) in [6, 6.07) is 4.88. The third-order valence-electron chi connectivity index (χ3n) is 3.69. The Labute approximate surface area is 118 Å². The molecule has 19 heavy (non-hydrogen) atoms. The monoisotopic (exact) mass is 282 g/mol. The van der Waals surface area contributed by atoms with Crippen LogP contribution in [0.1, 0.15) is 24.5 Å². The van der Waals surface area contributed by atoms with Gasteiger partial charge in [-0.1, -0.05) is 18.3 Å². The van der Waals surface area contributed by atoms with Crippen LogP contribution < -0.4 is 5.73 Å². The molecule has 3 N–H and O–H groups in total. The van der Waals surface area contributed by atoms with Gasteiger partial charge in [0, 0.05) is 18.7 Å². The molecule has 0 radical (unpaired) electrons. The summed E-state index contributed by atoms with van der Waals surface area (Å²) in [6.45, 7) is 4.39. The lowest BCUT2D eigenvalue weighted by molar-refractivity contribution is 0.127. The summed E-state index contributed by atoms with van der Waals surface area (Å²) in [4.78, 5) is 2.34. The van der Waals surface area contributed by atoms with Crippen molar-refractivity contribution in [3.63, 3.8) is 0 Å². The van der Waals surface area contributed by atoms with Crippen molar-refractivity contribution in [1.82, 2.24) is 4.90 Å². The maximum atomic E-state index is 13.5. The van der Waals surface area contributed by atoms with Gasteiger partial charge in [0.2, 0.25) is 0 Å². The fraction of sp³-hybridized carbons (Fsp3) is 0.500. The molecular weight excluding hydrogens is 263 g/mol. The van der Waals surface area contributed by atoms with Crippen molar-refractivity contribution in [1.29, 1.82) is 0 Å². The van der Waals surface area contributed by atoms with Gasteiger partial charge in [-0.05, 0) is 43.5 Å². The van der Waals surface area contributed by atoms with E-state index in [9.17, 15) is 9.50 Å². The Morgan fingerprint density at radius 3 is 2.95 bits per heavy atom. The van der Waals surface area contributed by atoms with Gasteiger partial charge in [-0.3, -0.25) is 4.90 Å². The number of hydrogen-bond donors (Lipinski definition) is 2. The smallest absolute Gasteiger partial charge is 0.133 e. The number of benzene rings is 1. The second-order valence-corrected chi connectivity index (χ2v) is 5.64. The summed E-state index contributed by atoms with van der Waals surface area (Å²) < 4.78 is 13.5. The number of nitrogens with zero attached hydrogens (tertiary/aromatic N) is 1. The number of rotatable bonds is 4. The standard InChI is InChI=1S/C14H19FN2OS/c1-9(18)11-4-5-17(8-11)7-10-2-3-13(15)12(6-10)14(16)19/h2-3,6,9,11,18H,4-5,7-8H2,1H3,(H2,16,19). The lowest BCUT2D eigenvalue weighted by Gasteiger charge is -2.17. The molecule has 3 nitrogen and oxygen atoms in total. The summed E-state index contributed by atoms with van der Waals surface area (Å²) in [6.07, 6.45) is 0.728. The number of likely N-dealkylation sites (tertiary alicyclic amines) is 1. The number of thiocarbonyl (C=S) groups is 1. The average Bonchev–Trinajstić information content (AvgIpc) is 2.80. The Balaban J connectivity index is 2.04. The molecule has 0 saturated carbocycles. The third-order valence-corrected chi connectivity index (χ3v) is 3.91. The van der Waals surface area contributed by atoms with Crippen LogP contribution in [0.4, 0.5) is 4.39 Å². The van der Waals surface area contributed by atoms with Crippen LogP contribution in [0.2, 0.25) is 0 Å². The summed E-state index contributed by atoms with van der Waals surface area (Å²) in [5, 5.41) is 9.58. The number of aliphatic hydroxyl groups excluding tert-OH is 1. The molecule has 1 fully saturated rings. The second kappa shape index (κ2) is 5.94. The zero-order chi connectivity index (χ0) is 14.0. The molecule has 2 unspecified atom stereocenters. The summed E-state index contributed by atoms with van der Waals surface area (Å²) >= 11 is 4.84. The first-order chi connectivity index (χ1) is 8.97. The molecule has 1 saturated heterocycles. The van der Waals surface area contributed by atoms with Crippen molar-refractivity contribution in [2.45, 2.75) is 26.0 Å². The normalized spacial score (nSPS) is 21.5. The second-order valence-electron chi connectivity index (χ2n) is 5.20. The molecule has 0 amide bonds. The van der Waals surface area contributed by atoms with Gasteiger partial charge in [0.25, 0.3) is 0 Å². The van der Waals surface area contributed by atoms with E-state index in [1.54, 1.807) is 12.1 Å². The molecule has 0 aliphatic carbocycles. The molecule has 0 spiro atoms. The highest BCUT2D eigenvalue weighted by Gasteiger charge is 2.25. The van der Waals surface area contributed by atoms with E-state index in [1.807, 2.05) is 6.92 Å². The van der Waals surface area contributed by atoms with Crippen LogP contribution in [-0.4, -0.2) is 34.2 Å². The molecular formula is C14H19FN2OS. The van der Waals surface area contributed by atoms with Gasteiger partial charge < -0.3 is 10.8 Å². The minimum Gasteiger partial charge on any atom is -0.393 e. The van der Waals surface area contributed by atoms with Gasteiger partial charge in [0.15, 0.2) is 0 Å². The van der Waals surface area contributed by atoms with E-state index in [-0.39, 0.29) is 16.9 Å². The quantitative estimate of drug-likeness (QED) is 0.825. The first kappa shape index (κ1) is 14.4. The predicted molar refractivity (Wildman–Crippen MR) is 77.4 cm³/mol. The largest absolute Gasteiger partial charge is 0.393 e. The molecule has 104 valence electrons. The summed E-state index contributed by atoms with van der Waals surface area (Å²) in [7, 11) is 0. The van der Waals surface area contributed by atoms with Gasteiger partial charge in [0.05, 0.1) is 6.10 Å². The topological polar surface area (TPSA) is 49.5 Å². The zero-order valence-electron chi connectivity index (χ0n) is 11.0. The van der Waals surface area contributed by atoms with Crippen LogP contribution in [-0.2, 0) is 6.54 Å². The Morgan fingerprint density at radius 1 is 1.63 bits per heavy atom. The zero-order valence-corrected chi connectivity index (χ0v) is 11.8. The molecule has 1 aliphatic rings. The van der Waals surface area contributed by atoms with E-state index in [0.717, 1.165) is 31.6 Å². The Bertz CT molecular complexity index is 479. The lowest BCUT2D eigenvalue weighted by Crippen LogP contribution is -2.24. The van der Waals surface area contributed by atoms with Crippen LogP contribution in [0, 0.1) is 11.7 Å². The minimum atomic E-state index is -0.375. The van der Waals surface area contributed by atoms with Crippen molar-refractivity contribution in [2.75, 3.05) is 13.1 Å². The average molecular weight is 282 g/mol. The van der Waals surface area contributed by atoms with Gasteiger partial charge in [-0.2, -0.15) is 0 Å². The van der Waals surface area contributed by atoms with Crippen molar-refractivity contribution in [3.05, 3.63) is 35.1 Å². The Morgan fingerprint density at radius 2 is 2.37 bits per heavy atom. The van der Waals surface area contributed by atoms with Crippen molar-refractivity contribution in [3.8, 4) is 0 Å². The highest BCUT2D eigenvalue weighted by Crippen LogP contribution is 2.22. The van der Waals surface area contributed by atoms with Gasteiger partial charge in [-0.25, -0.2) is 4.39 Å². The number of nitrogens with two attached hydrogens (primary N) is 1. The van der Waals surface area contributed by atoms with Gasteiger partial charge in [-0.15, -0.1) is 0 Å². The third kappa shape index (κ3) is 3.49. The lowest BCUT2D eigenvalue weighted by atomic mass is 10.0. The van der Waals surface area contributed by atoms with E-state index >= 15 is 0 Å². The first-order valence-electron chi connectivity index (χ1n) is 6.46. The molecule has 2 atom stereocenters. The van der Waals surface area contributed by atoms with E-state index < -0.39 is 0 Å². The maximum absolute atomic E-state index is 13.5. The first-order valence-corrected chi connectivity index (χ1v) is 6.87. The minimum absolute atomic E-state index is 0.0858. The van der Waals surface area contributed by atoms with Crippen molar-refractivity contribution < 1.29 is 9.50 Å². The molecule has 0 aromatic heterocycles. The van der Waals surface area contributed by atoms with Crippen LogP contribution in [0.15, 0.2) is 18.2 Å². The molecule has 1 heterocycles. The maximum Gasteiger partial charge on any atom is 0.133 e. The highest BCUT2D eigenvalue weighted by atomic mass is 32.1. The highest BCUT2D eigenvalue weighted by molar-refractivity contribution is 7.80. The SMILES string of the molecule is CC(O)C1CCN(Cc2ccc(F)c(C(N)=S)c2)C1. The van der Waals surface area contributed by atoms with Crippen LogP contribution in [0.3, 0.4) is 0 Å². The van der Waals surface area contributed by atoms with Crippen LogP contribution in [0.5, 0.6) is 0 Å². The molecule has 2 rings (SSSR count). The molecule has 1 aromatic rings. The predicted octanol–water partition coefficient (Wildman–Crippen LogP) is 1.66. The number of aliphatic hydroxyl groups is 1. The Hall–Kier alpha value is -1.04. The number of hydrogen-bond acceptors (Lipinski definition) is 3. The van der Waals surface area contributed by atoms with Crippen molar-refractivity contribution in [2.24, 2.45) is 11.7 Å². The van der Waals surface area contributed by atoms with Crippen LogP contribution >= 0.6 is 12.2 Å². The van der Waals surface area contributed by atoms with Crippen molar-refractivity contribution >= 4 is 17.2 Å². The van der Waals surface area contributed by atoms with Gasteiger partial charge >= 0.3 is 0 Å². The molecule has 0 bridgehead atoms. The fourth-order valence-corrected chi connectivity index (χ4v) is 2.67. The van der Waals surface area contributed by atoms with E-state index in [2.05, 4.69) is 4.90 Å². The van der Waals surface area contributed by atoms with E-state index in [0.29, 0.717) is 11.5 Å². The molecule has 1 aromatic carbocycles. The van der Waals surface area contributed by atoms with E-state index in [1.165, 1.54) is 6.07 Å². The molecule has 5 heteroatoms. The fourth-order valence-electron chi connectivity index (χ4n) is 2.52. The summed E-state index contributed by atoms with van der Waals surface area (Å²) in [5.41, 5.74) is 6.80. The summed E-state index contributed by atoms with van der Waals surface area (Å²) in [5.74, 6) is -0.0463. The Kier molecular flexibility index (Phi) is 4.50. The number of halogens is 1. The van der Waals surface area contributed by atoms with Gasteiger partial charge in [0.1, 0.15) is 10.8 Å².